The second kappa shape index (κ2) is 13.7. The Hall–Kier alpha value is 0.0895. The van der Waals surface area contributed by atoms with Gasteiger partial charge in [0.25, 0.3) is 0 Å². The van der Waals surface area contributed by atoms with Crippen LogP contribution in [-0.4, -0.2) is 42.2 Å². The molecule has 6 atom stereocenters. The summed E-state index contributed by atoms with van der Waals surface area (Å²) in [7, 11) is 9.59. The Kier molecular flexibility index (Phi) is 11.4. The van der Waals surface area contributed by atoms with Crippen molar-refractivity contribution in [2.45, 2.75) is 101 Å². The molecule has 0 amide bonds. The molecule has 2 bridgehead atoms. The molecular formula is C23H35Cl2MnN5-4. The van der Waals surface area contributed by atoms with Gasteiger partial charge in [-0.1, -0.05) is 83.4 Å². The number of halogens is 2. The van der Waals surface area contributed by atoms with Crippen LogP contribution in [0.4, 0.5) is 0 Å². The molecule has 1 aliphatic heterocycles. The summed E-state index contributed by atoms with van der Waals surface area (Å²) in [5.41, 5.74) is 2.15. The van der Waals surface area contributed by atoms with E-state index < -0.39 is 0 Å². The van der Waals surface area contributed by atoms with Crippen molar-refractivity contribution in [3.63, 3.8) is 0 Å². The summed E-state index contributed by atoms with van der Waals surface area (Å²) in [5.74, 6) is 0. The van der Waals surface area contributed by atoms with Gasteiger partial charge in [-0.05, 0) is 12.1 Å². The molecule has 2 aliphatic carbocycles. The van der Waals surface area contributed by atoms with Gasteiger partial charge >= 0.3 is 33.3 Å². The van der Waals surface area contributed by atoms with E-state index in [1.807, 2.05) is 0 Å². The van der Waals surface area contributed by atoms with Crippen LogP contribution in [0.5, 0.6) is 0 Å². The molecule has 31 heavy (non-hydrogen) atoms. The quantitative estimate of drug-likeness (QED) is 0.332. The van der Waals surface area contributed by atoms with Gasteiger partial charge in [0.1, 0.15) is 0 Å². The van der Waals surface area contributed by atoms with Crippen LogP contribution >= 0.6 is 20.2 Å². The summed E-state index contributed by atoms with van der Waals surface area (Å²) in [5, 5.41) is 20.4. The molecule has 2 fully saturated rings. The summed E-state index contributed by atoms with van der Waals surface area (Å²) >= 11 is 0.00694. The zero-order chi connectivity index (χ0) is 22.1. The zero-order valence-electron chi connectivity index (χ0n) is 18.6. The van der Waals surface area contributed by atoms with E-state index in [4.69, 9.17) is 46.4 Å². The van der Waals surface area contributed by atoms with Gasteiger partial charge in [-0.25, -0.2) is 0 Å². The van der Waals surface area contributed by atoms with E-state index in [0.29, 0.717) is 24.2 Å². The molecule has 177 valence electrons. The standard InChI is InChI=1S/C23H35N5.2ClH.Mn/c1-16-18-12-7-13-19(28-18)17(2)27-23-11-6-4-9-21(23)25-15-14-24-20-8-3-5-10-22(20)26-16;;;/h7,12-13,16-17,20-23H,3-6,8-11,14-15H2,1-2H3;2*1H;/q-4;;;+2/p-2/t16-,17+,20-,21?,22-,23?;;;/m1.../s1. The third-order valence-electron chi connectivity index (χ3n) is 6.69. The second-order valence-corrected chi connectivity index (χ2v) is 10.8. The van der Waals surface area contributed by atoms with Gasteiger partial charge in [0.2, 0.25) is 0 Å². The topological polar surface area (TPSA) is 69.3 Å². The number of pyridine rings is 1. The van der Waals surface area contributed by atoms with E-state index in [2.05, 4.69) is 32.0 Å². The van der Waals surface area contributed by atoms with Crippen molar-refractivity contribution in [3.05, 3.63) is 50.9 Å². The van der Waals surface area contributed by atoms with Crippen molar-refractivity contribution >= 4 is 20.2 Å². The molecule has 0 spiro atoms. The van der Waals surface area contributed by atoms with Crippen molar-refractivity contribution in [1.29, 1.82) is 0 Å². The zero-order valence-corrected chi connectivity index (χ0v) is 21.3. The molecule has 8 heteroatoms. The van der Waals surface area contributed by atoms with E-state index in [1.54, 1.807) is 0 Å². The molecular weight excluding hydrogens is 472 g/mol. The van der Waals surface area contributed by atoms with Crippen molar-refractivity contribution < 1.29 is 13.1 Å². The van der Waals surface area contributed by atoms with Crippen LogP contribution in [0.2, 0.25) is 0 Å². The fraction of sp³-hybridized carbons (Fsp3) is 0.783. The average molecular weight is 507 g/mol. The van der Waals surface area contributed by atoms with Crippen LogP contribution in [-0.2, 0) is 13.1 Å². The Bertz CT molecular complexity index is 603. The van der Waals surface area contributed by atoms with Gasteiger partial charge in [-0.15, -0.1) is 0 Å². The number of rotatable bonds is 0. The Morgan fingerprint density at radius 3 is 1.55 bits per heavy atom. The third kappa shape index (κ3) is 7.82. The monoisotopic (exact) mass is 506 g/mol. The van der Waals surface area contributed by atoms with E-state index in [1.165, 1.54) is 38.5 Å². The Morgan fingerprint density at radius 2 is 1.13 bits per heavy atom. The Labute approximate surface area is 203 Å². The first-order chi connectivity index (χ1) is 15.1. The van der Waals surface area contributed by atoms with Crippen LogP contribution < -0.4 is 0 Å². The minimum absolute atomic E-state index is 0.00694. The van der Waals surface area contributed by atoms with Gasteiger partial charge in [0, 0.05) is 11.4 Å². The van der Waals surface area contributed by atoms with E-state index in [-0.39, 0.29) is 25.2 Å². The van der Waals surface area contributed by atoms with Crippen molar-refractivity contribution in [1.82, 2.24) is 4.98 Å². The molecule has 4 rings (SSSR count). The van der Waals surface area contributed by atoms with Gasteiger partial charge in [-0.2, -0.15) is 37.3 Å². The molecule has 0 N–H and O–H groups in total. The van der Waals surface area contributed by atoms with Crippen LogP contribution in [0.1, 0.15) is 88.7 Å². The molecule has 1 aromatic rings. The Balaban J connectivity index is 0.000000858. The second-order valence-electron chi connectivity index (χ2n) is 8.84. The van der Waals surface area contributed by atoms with Gasteiger partial charge in [0.05, 0.1) is 0 Å². The third-order valence-corrected chi connectivity index (χ3v) is 6.69. The first-order valence-electron chi connectivity index (χ1n) is 11.7. The van der Waals surface area contributed by atoms with Crippen LogP contribution in [0, 0.1) is 0 Å². The van der Waals surface area contributed by atoms with Crippen LogP contribution in [0.25, 0.3) is 21.3 Å². The maximum atomic E-state index is 5.16. The first-order valence-corrected chi connectivity index (χ1v) is 14.9. The minimum atomic E-state index is 0.00694. The number of hydrogen-bond acceptors (Lipinski definition) is 1. The number of hydrogen-bond donors (Lipinski definition) is 0. The summed E-state index contributed by atoms with van der Waals surface area (Å²) < 4.78 is 0. The fourth-order valence-electron chi connectivity index (χ4n) is 5.07. The predicted molar refractivity (Wildman–Crippen MR) is 128 cm³/mol. The van der Waals surface area contributed by atoms with Gasteiger partial charge in [0.15, 0.2) is 0 Å². The maximum absolute atomic E-state index is 5.16. The van der Waals surface area contributed by atoms with E-state index in [9.17, 15) is 0 Å². The number of nitrogens with zero attached hydrogens (tertiary/aromatic N) is 5. The van der Waals surface area contributed by atoms with Crippen molar-refractivity contribution in [2.24, 2.45) is 0 Å². The molecule has 2 saturated carbocycles. The first kappa shape index (κ1) is 25.7. The summed E-state index contributed by atoms with van der Waals surface area (Å²) in [6.45, 7) is 6.06. The molecule has 5 nitrogen and oxygen atoms in total. The SMILES string of the molecule is C[C@@H]1[N-]C2CCCCC2[N-]CC[N-][C@@H]2CCCC[C@H]2[N-][C@H](C)c2cccc1n2.[Cl][Mn][Cl]. The predicted octanol–water partition coefficient (Wildman–Crippen LogP) is 7.71. The van der Waals surface area contributed by atoms with E-state index >= 15 is 0 Å². The van der Waals surface area contributed by atoms with Crippen LogP contribution in [0.15, 0.2) is 18.2 Å². The van der Waals surface area contributed by atoms with Gasteiger partial charge in [-0.3, -0.25) is 4.98 Å². The van der Waals surface area contributed by atoms with Crippen molar-refractivity contribution in [3.8, 4) is 0 Å². The molecule has 0 radical (unpaired) electrons. The normalized spacial score (nSPS) is 34.7. The van der Waals surface area contributed by atoms with E-state index in [0.717, 1.165) is 37.3 Å². The van der Waals surface area contributed by atoms with Crippen molar-refractivity contribution in [2.75, 3.05) is 13.1 Å². The van der Waals surface area contributed by atoms with Gasteiger partial charge < -0.3 is 21.3 Å². The summed E-state index contributed by atoms with van der Waals surface area (Å²) in [4.78, 5) is 4.97. The molecule has 2 unspecified atom stereocenters. The average Bonchev–Trinajstić information content (AvgIpc) is 2.79. The molecule has 3 aliphatic rings. The summed E-state index contributed by atoms with van der Waals surface area (Å²) in [6.07, 6.45) is 9.76. The molecule has 2 heterocycles. The number of aromatic nitrogens is 1. The Morgan fingerprint density at radius 1 is 0.742 bits per heavy atom. The molecule has 0 aromatic carbocycles. The molecule has 1 aromatic heterocycles. The van der Waals surface area contributed by atoms with Crippen LogP contribution in [0.3, 0.4) is 0 Å². The summed E-state index contributed by atoms with van der Waals surface area (Å²) in [6, 6.07) is 8.00. The number of fused-ring (bicyclic) bond motifs is 4. The fourth-order valence-corrected chi connectivity index (χ4v) is 5.07. The molecule has 0 saturated heterocycles.